The van der Waals surface area contributed by atoms with Crippen molar-refractivity contribution in [2.45, 2.75) is 18.5 Å². The van der Waals surface area contributed by atoms with E-state index >= 15 is 0 Å². The molecule has 3 atom stereocenters. The van der Waals surface area contributed by atoms with Crippen LogP contribution in [0.2, 0.25) is 0 Å². The Kier molecular flexibility index (Phi) is 3.63. The summed E-state index contributed by atoms with van der Waals surface area (Å²) in [4.78, 5) is 27.6. The Bertz CT molecular complexity index is 916. The smallest absolute Gasteiger partial charge is 0.253 e. The molecule has 0 N–H and O–H groups in total. The number of fused-ring (bicyclic) bond motifs is 3. The Labute approximate surface area is 154 Å². The number of benzene rings is 2. The lowest BCUT2D eigenvalue weighted by atomic mass is 9.90. The van der Waals surface area contributed by atoms with Crippen LogP contribution in [-0.4, -0.2) is 41.0 Å². The van der Waals surface area contributed by atoms with Crippen molar-refractivity contribution in [3.05, 3.63) is 65.7 Å². The minimum absolute atomic E-state index is 0.284. The summed E-state index contributed by atoms with van der Waals surface area (Å²) in [6.07, 6.45) is 0.902. The largest absolute Gasteiger partial charge is 0.274 e. The molecule has 0 saturated carbocycles. The fourth-order valence-electron chi connectivity index (χ4n) is 4.62. The number of imide groups is 1. The lowest BCUT2D eigenvalue weighted by Crippen LogP contribution is -2.44. The van der Waals surface area contributed by atoms with Crippen molar-refractivity contribution in [1.29, 1.82) is 0 Å². The normalized spacial score (nSPS) is 28.1. The van der Waals surface area contributed by atoms with Crippen LogP contribution in [-0.2, 0) is 9.59 Å². The Morgan fingerprint density at radius 1 is 0.741 bits per heavy atom. The number of anilines is 1. The van der Waals surface area contributed by atoms with Gasteiger partial charge in [0, 0.05) is 13.1 Å². The molecule has 27 heavy (non-hydrogen) atoms. The van der Waals surface area contributed by atoms with Gasteiger partial charge in [0.2, 0.25) is 5.91 Å². The van der Waals surface area contributed by atoms with E-state index in [1.54, 1.807) is 12.1 Å². The molecule has 0 radical (unpaired) electrons. The molecule has 138 valence electrons. The summed E-state index contributed by atoms with van der Waals surface area (Å²) in [6, 6.07) is 10.6. The highest BCUT2D eigenvalue weighted by Crippen LogP contribution is 2.48. The van der Waals surface area contributed by atoms with Gasteiger partial charge in [-0.15, -0.1) is 0 Å². The van der Waals surface area contributed by atoms with Crippen molar-refractivity contribution in [1.82, 2.24) is 10.0 Å². The van der Waals surface area contributed by atoms with Gasteiger partial charge in [0.1, 0.15) is 17.7 Å². The van der Waals surface area contributed by atoms with Crippen LogP contribution in [0.1, 0.15) is 18.0 Å². The fourth-order valence-corrected chi connectivity index (χ4v) is 4.62. The van der Waals surface area contributed by atoms with Crippen LogP contribution in [0.25, 0.3) is 0 Å². The number of halogens is 2. The Hall–Kier alpha value is -2.64. The molecule has 0 unspecified atom stereocenters. The predicted octanol–water partition coefficient (Wildman–Crippen LogP) is 2.50. The third-order valence-corrected chi connectivity index (χ3v) is 5.70. The number of hydrogen-bond acceptors (Lipinski definition) is 4. The SMILES string of the molecule is O=C1[C@@H]2[C@H](C(=O)N1c1ccc(F)cc1)N1CCCN1[C@H]2c1ccc(F)cc1. The molecule has 3 saturated heterocycles. The van der Waals surface area contributed by atoms with Gasteiger partial charge in [0.15, 0.2) is 0 Å². The third-order valence-electron chi connectivity index (χ3n) is 5.70. The lowest BCUT2D eigenvalue weighted by molar-refractivity contribution is -0.126. The number of rotatable bonds is 2. The molecule has 7 heteroatoms. The number of hydrogen-bond donors (Lipinski definition) is 0. The maximum absolute atomic E-state index is 13.4. The summed E-state index contributed by atoms with van der Waals surface area (Å²) in [5.41, 5.74) is 1.20. The zero-order chi connectivity index (χ0) is 18.7. The molecule has 5 nitrogen and oxygen atoms in total. The molecule has 0 bridgehead atoms. The van der Waals surface area contributed by atoms with Crippen LogP contribution < -0.4 is 4.90 Å². The van der Waals surface area contributed by atoms with Crippen molar-refractivity contribution >= 4 is 17.5 Å². The molecule has 3 aliphatic heterocycles. The average Bonchev–Trinajstić information content (AvgIpc) is 3.30. The first kappa shape index (κ1) is 16.5. The van der Waals surface area contributed by atoms with Crippen molar-refractivity contribution < 1.29 is 18.4 Å². The first-order valence-electron chi connectivity index (χ1n) is 8.98. The van der Waals surface area contributed by atoms with E-state index in [0.717, 1.165) is 18.5 Å². The van der Waals surface area contributed by atoms with E-state index in [1.165, 1.54) is 41.3 Å². The monoisotopic (exact) mass is 369 g/mol. The van der Waals surface area contributed by atoms with Crippen LogP contribution in [0.15, 0.2) is 48.5 Å². The lowest BCUT2D eigenvalue weighted by Gasteiger charge is -2.29. The van der Waals surface area contributed by atoms with Gasteiger partial charge < -0.3 is 0 Å². The van der Waals surface area contributed by atoms with E-state index < -0.39 is 17.8 Å². The van der Waals surface area contributed by atoms with Crippen molar-refractivity contribution in [3.63, 3.8) is 0 Å². The number of carbonyl (C=O) groups excluding carboxylic acids is 2. The average molecular weight is 369 g/mol. The van der Waals surface area contributed by atoms with Crippen LogP contribution >= 0.6 is 0 Å². The topological polar surface area (TPSA) is 43.9 Å². The van der Waals surface area contributed by atoms with Gasteiger partial charge in [0.25, 0.3) is 5.91 Å². The number of hydrazine groups is 1. The van der Waals surface area contributed by atoms with E-state index in [9.17, 15) is 18.4 Å². The number of amides is 2. The summed E-state index contributed by atoms with van der Waals surface area (Å²) < 4.78 is 26.6. The van der Waals surface area contributed by atoms with E-state index in [0.29, 0.717) is 12.2 Å². The van der Waals surface area contributed by atoms with Gasteiger partial charge in [-0.05, 0) is 48.4 Å². The summed E-state index contributed by atoms with van der Waals surface area (Å²) in [5, 5.41) is 4.04. The molecular formula is C20H17F2N3O2. The van der Waals surface area contributed by atoms with Gasteiger partial charge in [-0.2, -0.15) is 0 Å². The second kappa shape index (κ2) is 5.94. The quantitative estimate of drug-likeness (QED) is 0.763. The summed E-state index contributed by atoms with van der Waals surface area (Å²) in [7, 11) is 0. The van der Waals surface area contributed by atoms with Crippen LogP contribution in [0.3, 0.4) is 0 Å². The Morgan fingerprint density at radius 2 is 1.30 bits per heavy atom. The summed E-state index contributed by atoms with van der Waals surface area (Å²) in [5.74, 6) is -1.90. The van der Waals surface area contributed by atoms with Crippen LogP contribution in [0, 0.1) is 17.6 Å². The van der Waals surface area contributed by atoms with Crippen molar-refractivity contribution in [3.8, 4) is 0 Å². The zero-order valence-electron chi connectivity index (χ0n) is 14.4. The molecule has 3 fully saturated rings. The molecule has 5 rings (SSSR count). The van der Waals surface area contributed by atoms with E-state index in [4.69, 9.17) is 0 Å². The second-order valence-corrected chi connectivity index (χ2v) is 7.14. The van der Waals surface area contributed by atoms with Crippen molar-refractivity contribution in [2.75, 3.05) is 18.0 Å². The van der Waals surface area contributed by atoms with E-state index in [-0.39, 0.29) is 23.7 Å². The van der Waals surface area contributed by atoms with Gasteiger partial charge in [-0.25, -0.2) is 23.7 Å². The standard InChI is InChI=1S/C20H17F2N3O2/c21-13-4-2-12(3-5-13)17-16-18(24-11-1-10-23(17)24)20(27)25(19(16)26)15-8-6-14(22)7-9-15/h2-9,16-18H,1,10-11H2/t16-,17-,18+/m0/s1. The summed E-state index contributed by atoms with van der Waals surface area (Å²) >= 11 is 0. The van der Waals surface area contributed by atoms with Crippen LogP contribution in [0.4, 0.5) is 14.5 Å². The fraction of sp³-hybridized carbons (Fsp3) is 0.300. The molecule has 0 aliphatic carbocycles. The van der Waals surface area contributed by atoms with E-state index in [1.807, 2.05) is 5.01 Å². The Balaban J connectivity index is 1.57. The van der Waals surface area contributed by atoms with Gasteiger partial charge in [0.05, 0.1) is 17.6 Å². The van der Waals surface area contributed by atoms with Gasteiger partial charge in [-0.1, -0.05) is 12.1 Å². The van der Waals surface area contributed by atoms with E-state index in [2.05, 4.69) is 5.01 Å². The Morgan fingerprint density at radius 3 is 1.93 bits per heavy atom. The molecular weight excluding hydrogens is 352 g/mol. The molecule has 3 heterocycles. The first-order valence-corrected chi connectivity index (χ1v) is 8.98. The van der Waals surface area contributed by atoms with Gasteiger partial charge >= 0.3 is 0 Å². The number of carbonyl (C=O) groups is 2. The molecule has 2 aromatic rings. The van der Waals surface area contributed by atoms with Gasteiger partial charge in [-0.3, -0.25) is 9.59 Å². The maximum atomic E-state index is 13.4. The minimum atomic E-state index is -0.569. The minimum Gasteiger partial charge on any atom is -0.274 e. The van der Waals surface area contributed by atoms with Crippen molar-refractivity contribution in [2.24, 2.45) is 5.92 Å². The predicted molar refractivity (Wildman–Crippen MR) is 93.3 cm³/mol. The zero-order valence-corrected chi connectivity index (χ0v) is 14.4. The molecule has 0 aromatic heterocycles. The number of nitrogens with zero attached hydrogens (tertiary/aromatic N) is 3. The molecule has 2 amide bonds. The molecule has 0 spiro atoms. The highest BCUT2D eigenvalue weighted by molar-refractivity contribution is 6.24. The second-order valence-electron chi connectivity index (χ2n) is 7.14. The molecule has 2 aromatic carbocycles. The first-order chi connectivity index (χ1) is 13.1. The third kappa shape index (κ3) is 2.35. The highest BCUT2D eigenvalue weighted by Gasteiger charge is 2.62. The molecule has 3 aliphatic rings. The van der Waals surface area contributed by atoms with Crippen LogP contribution in [0.5, 0.6) is 0 Å². The maximum Gasteiger partial charge on any atom is 0.253 e. The highest BCUT2D eigenvalue weighted by atomic mass is 19.1. The summed E-state index contributed by atoms with van der Waals surface area (Å²) in [6.45, 7) is 1.46.